The van der Waals surface area contributed by atoms with E-state index in [4.69, 9.17) is 9.47 Å². The minimum atomic E-state index is -3.77. The summed E-state index contributed by atoms with van der Waals surface area (Å²) in [5, 5.41) is 0. The monoisotopic (exact) mass is 342 g/mol. The lowest BCUT2D eigenvalue weighted by molar-refractivity contribution is -0.139. The maximum Gasteiger partial charge on any atom is 0.241 e. The number of benzene rings is 1. The minimum Gasteiger partial charge on any atom is -0.497 e. The summed E-state index contributed by atoms with van der Waals surface area (Å²) in [7, 11) is -2.26. The zero-order chi connectivity index (χ0) is 17.0. The van der Waals surface area contributed by atoms with Crippen molar-refractivity contribution in [3.63, 3.8) is 0 Å². The van der Waals surface area contributed by atoms with Crippen LogP contribution in [0.4, 0.5) is 0 Å². The van der Waals surface area contributed by atoms with E-state index >= 15 is 0 Å². The third-order valence-corrected chi connectivity index (χ3v) is 5.18. The van der Waals surface area contributed by atoms with Gasteiger partial charge in [0.25, 0.3) is 0 Å². The summed E-state index contributed by atoms with van der Waals surface area (Å²) in [4.78, 5) is 14.1. The van der Waals surface area contributed by atoms with Crippen LogP contribution in [-0.2, 0) is 19.6 Å². The predicted octanol–water partition coefficient (Wildman–Crippen LogP) is 0.609. The standard InChI is InChI=1S/C15H22N2O5S/c1-11-10-17(8-9-22-11)15(18)12(2)16-23(19,20)14-6-4-13(21-3)5-7-14/h4-7,11-12,16H,8-10H2,1-3H3/t11-,12+/m1/s1. The number of nitrogens with zero attached hydrogens (tertiary/aromatic N) is 1. The fraction of sp³-hybridized carbons (Fsp3) is 0.533. The Balaban J connectivity index is 2.04. The number of nitrogens with one attached hydrogen (secondary N) is 1. The smallest absolute Gasteiger partial charge is 0.241 e. The lowest BCUT2D eigenvalue weighted by Crippen LogP contribution is -2.52. The van der Waals surface area contributed by atoms with Gasteiger partial charge in [0, 0.05) is 13.1 Å². The van der Waals surface area contributed by atoms with Crippen molar-refractivity contribution in [3.8, 4) is 5.75 Å². The molecular formula is C15H22N2O5S. The van der Waals surface area contributed by atoms with Crippen molar-refractivity contribution in [2.45, 2.75) is 30.9 Å². The van der Waals surface area contributed by atoms with E-state index in [-0.39, 0.29) is 16.9 Å². The molecule has 1 aromatic carbocycles. The van der Waals surface area contributed by atoms with E-state index in [9.17, 15) is 13.2 Å². The van der Waals surface area contributed by atoms with Crippen molar-refractivity contribution in [1.82, 2.24) is 9.62 Å². The summed E-state index contributed by atoms with van der Waals surface area (Å²) < 4.78 is 37.5. The van der Waals surface area contributed by atoms with Crippen LogP contribution in [0, 0.1) is 0 Å². The Hall–Kier alpha value is -1.64. The van der Waals surface area contributed by atoms with E-state index in [0.29, 0.717) is 25.4 Å². The maximum atomic E-state index is 12.4. The Morgan fingerprint density at radius 2 is 2.04 bits per heavy atom. The highest BCUT2D eigenvalue weighted by atomic mass is 32.2. The molecule has 1 aliphatic heterocycles. The van der Waals surface area contributed by atoms with E-state index in [1.54, 1.807) is 24.0 Å². The number of hydrogen-bond acceptors (Lipinski definition) is 5. The Bertz CT molecular complexity index is 644. The van der Waals surface area contributed by atoms with Crippen LogP contribution in [0.2, 0.25) is 0 Å². The van der Waals surface area contributed by atoms with E-state index in [2.05, 4.69) is 4.72 Å². The maximum absolute atomic E-state index is 12.4. The van der Waals surface area contributed by atoms with Crippen molar-refractivity contribution in [1.29, 1.82) is 0 Å². The SMILES string of the molecule is COc1ccc(S(=O)(=O)N[C@@H](C)C(=O)N2CCO[C@H](C)C2)cc1. The van der Waals surface area contributed by atoms with Gasteiger partial charge in [0.1, 0.15) is 5.75 Å². The van der Waals surface area contributed by atoms with Crippen LogP contribution in [0.15, 0.2) is 29.2 Å². The van der Waals surface area contributed by atoms with Gasteiger partial charge in [-0.2, -0.15) is 4.72 Å². The molecule has 0 spiro atoms. The fourth-order valence-electron chi connectivity index (χ4n) is 2.40. The molecule has 1 amide bonds. The number of carbonyl (C=O) groups is 1. The second kappa shape index (κ2) is 7.29. The summed E-state index contributed by atoms with van der Waals surface area (Å²) in [6.07, 6.45) is -0.0434. The molecule has 1 heterocycles. The van der Waals surface area contributed by atoms with Crippen molar-refractivity contribution < 1.29 is 22.7 Å². The number of rotatable bonds is 5. The van der Waals surface area contributed by atoms with Crippen molar-refractivity contribution in [2.75, 3.05) is 26.8 Å². The normalized spacial score (nSPS) is 20.1. The Labute approximate surface area is 136 Å². The quantitative estimate of drug-likeness (QED) is 0.847. The zero-order valence-corrected chi connectivity index (χ0v) is 14.3. The summed E-state index contributed by atoms with van der Waals surface area (Å²) in [6, 6.07) is 5.16. The molecule has 1 fully saturated rings. The van der Waals surface area contributed by atoms with Crippen LogP contribution in [-0.4, -0.2) is 58.2 Å². The van der Waals surface area contributed by atoms with E-state index in [1.807, 2.05) is 6.92 Å². The molecule has 2 rings (SSSR count). The molecule has 23 heavy (non-hydrogen) atoms. The van der Waals surface area contributed by atoms with E-state index < -0.39 is 16.1 Å². The third-order valence-electron chi connectivity index (χ3n) is 3.62. The third kappa shape index (κ3) is 4.43. The first-order valence-electron chi connectivity index (χ1n) is 7.40. The number of methoxy groups -OCH3 is 1. The molecule has 1 N–H and O–H groups in total. The number of ether oxygens (including phenoxy) is 2. The molecule has 0 unspecified atom stereocenters. The van der Waals surface area contributed by atoms with Gasteiger partial charge in [-0.15, -0.1) is 0 Å². The van der Waals surface area contributed by atoms with Gasteiger partial charge >= 0.3 is 0 Å². The molecule has 1 saturated heterocycles. The summed E-state index contributed by atoms with van der Waals surface area (Å²) in [6.45, 7) is 4.82. The second-order valence-corrected chi connectivity index (χ2v) is 7.20. The van der Waals surface area contributed by atoms with Crippen LogP contribution in [0.3, 0.4) is 0 Å². The van der Waals surface area contributed by atoms with Gasteiger partial charge in [-0.05, 0) is 38.1 Å². The van der Waals surface area contributed by atoms with Gasteiger partial charge in [-0.1, -0.05) is 0 Å². The summed E-state index contributed by atoms with van der Waals surface area (Å²) in [5.74, 6) is 0.313. The van der Waals surface area contributed by atoms with Gasteiger partial charge < -0.3 is 14.4 Å². The molecule has 1 aromatic rings. The Kier molecular flexibility index (Phi) is 5.61. The van der Waals surface area contributed by atoms with Gasteiger partial charge in [-0.25, -0.2) is 8.42 Å². The molecule has 0 aromatic heterocycles. The first-order chi connectivity index (χ1) is 10.8. The zero-order valence-electron chi connectivity index (χ0n) is 13.5. The molecule has 0 saturated carbocycles. The molecule has 8 heteroatoms. The second-order valence-electron chi connectivity index (χ2n) is 5.48. The largest absolute Gasteiger partial charge is 0.497 e. The molecule has 0 aliphatic carbocycles. The van der Waals surface area contributed by atoms with Gasteiger partial charge in [-0.3, -0.25) is 4.79 Å². The van der Waals surface area contributed by atoms with Crippen molar-refractivity contribution in [2.24, 2.45) is 0 Å². The molecular weight excluding hydrogens is 320 g/mol. The number of hydrogen-bond donors (Lipinski definition) is 1. The molecule has 2 atom stereocenters. The van der Waals surface area contributed by atoms with Gasteiger partial charge in [0.2, 0.25) is 15.9 Å². The Morgan fingerprint density at radius 1 is 1.39 bits per heavy atom. The minimum absolute atomic E-state index is 0.0434. The number of carbonyl (C=O) groups excluding carboxylic acids is 1. The summed E-state index contributed by atoms with van der Waals surface area (Å²) in [5.41, 5.74) is 0. The number of morpholine rings is 1. The first-order valence-corrected chi connectivity index (χ1v) is 8.88. The van der Waals surface area contributed by atoms with Gasteiger partial charge in [0.15, 0.2) is 0 Å². The van der Waals surface area contributed by atoms with Crippen molar-refractivity contribution in [3.05, 3.63) is 24.3 Å². The average molecular weight is 342 g/mol. The lowest BCUT2D eigenvalue weighted by Gasteiger charge is -2.33. The van der Waals surface area contributed by atoms with E-state index in [0.717, 1.165) is 0 Å². The summed E-state index contributed by atoms with van der Waals surface area (Å²) >= 11 is 0. The molecule has 0 bridgehead atoms. The molecule has 7 nitrogen and oxygen atoms in total. The van der Waals surface area contributed by atoms with Crippen LogP contribution in [0.5, 0.6) is 5.75 Å². The van der Waals surface area contributed by atoms with Crippen LogP contribution in [0.1, 0.15) is 13.8 Å². The highest BCUT2D eigenvalue weighted by molar-refractivity contribution is 7.89. The predicted molar refractivity (Wildman–Crippen MR) is 84.8 cm³/mol. The van der Waals surface area contributed by atoms with Crippen LogP contribution in [0.25, 0.3) is 0 Å². The average Bonchev–Trinajstić information content (AvgIpc) is 2.53. The molecule has 1 aliphatic rings. The Morgan fingerprint density at radius 3 is 2.61 bits per heavy atom. The number of sulfonamides is 1. The lowest BCUT2D eigenvalue weighted by atomic mass is 10.2. The molecule has 0 radical (unpaired) electrons. The number of amides is 1. The highest BCUT2D eigenvalue weighted by Gasteiger charge is 2.28. The van der Waals surface area contributed by atoms with Gasteiger partial charge in [0.05, 0.1) is 30.8 Å². The first kappa shape index (κ1) is 17.7. The van der Waals surface area contributed by atoms with Crippen molar-refractivity contribution >= 4 is 15.9 Å². The van der Waals surface area contributed by atoms with Crippen LogP contribution < -0.4 is 9.46 Å². The topological polar surface area (TPSA) is 84.9 Å². The molecule has 128 valence electrons. The highest BCUT2D eigenvalue weighted by Crippen LogP contribution is 2.16. The van der Waals surface area contributed by atoms with E-state index in [1.165, 1.54) is 19.2 Å². The fourth-order valence-corrected chi connectivity index (χ4v) is 3.60. The van der Waals surface area contributed by atoms with Crippen LogP contribution >= 0.6 is 0 Å².